The lowest BCUT2D eigenvalue weighted by molar-refractivity contribution is -0.120. The Morgan fingerprint density at radius 2 is 2.08 bits per heavy atom. The number of hydrogen-bond donors (Lipinski definition) is 1. The molecule has 2 aromatic heterocycles. The standard InChI is InChI=1S/C20H21N3O2S/c1-2-25-18-7-5-15(6-8-18)12-19(24)22-11-9-17-14-26-20(23-17)16-4-3-10-21-13-16/h3-8,10,13-14H,2,9,11-12H2,1H3,(H,22,24). The first-order valence-electron chi connectivity index (χ1n) is 8.58. The van der Waals surface area contributed by atoms with Crippen LogP contribution in [-0.4, -0.2) is 29.0 Å². The van der Waals surface area contributed by atoms with Gasteiger partial charge in [0.1, 0.15) is 10.8 Å². The zero-order valence-electron chi connectivity index (χ0n) is 14.6. The number of hydrogen-bond acceptors (Lipinski definition) is 5. The summed E-state index contributed by atoms with van der Waals surface area (Å²) in [5.74, 6) is 0.835. The molecule has 0 unspecified atom stereocenters. The molecule has 26 heavy (non-hydrogen) atoms. The van der Waals surface area contributed by atoms with Crippen molar-refractivity contribution in [1.29, 1.82) is 0 Å². The van der Waals surface area contributed by atoms with E-state index in [9.17, 15) is 4.79 Å². The van der Waals surface area contributed by atoms with Gasteiger partial charge in [-0.1, -0.05) is 12.1 Å². The Bertz CT molecular complexity index is 832. The molecule has 0 bridgehead atoms. The van der Waals surface area contributed by atoms with Crippen LogP contribution in [0.15, 0.2) is 54.2 Å². The van der Waals surface area contributed by atoms with Gasteiger partial charge in [0.15, 0.2) is 0 Å². The number of pyridine rings is 1. The highest BCUT2D eigenvalue weighted by atomic mass is 32.1. The number of aromatic nitrogens is 2. The maximum absolute atomic E-state index is 12.1. The van der Waals surface area contributed by atoms with Gasteiger partial charge in [0.2, 0.25) is 5.91 Å². The molecule has 0 saturated carbocycles. The van der Waals surface area contributed by atoms with E-state index < -0.39 is 0 Å². The third-order valence-electron chi connectivity index (χ3n) is 3.76. The molecule has 1 aromatic carbocycles. The van der Waals surface area contributed by atoms with Gasteiger partial charge in [-0.25, -0.2) is 4.98 Å². The van der Waals surface area contributed by atoms with Crippen LogP contribution < -0.4 is 10.1 Å². The van der Waals surface area contributed by atoms with E-state index in [1.807, 2.05) is 48.7 Å². The van der Waals surface area contributed by atoms with Crippen LogP contribution in [0.25, 0.3) is 10.6 Å². The van der Waals surface area contributed by atoms with Crippen molar-refractivity contribution >= 4 is 17.2 Å². The molecule has 3 rings (SSSR count). The average molecular weight is 367 g/mol. The molecular formula is C20H21N3O2S. The van der Waals surface area contributed by atoms with Crippen LogP contribution in [0.4, 0.5) is 0 Å². The molecule has 0 aliphatic heterocycles. The third kappa shape index (κ3) is 5.13. The zero-order chi connectivity index (χ0) is 18.2. The first kappa shape index (κ1) is 18.1. The summed E-state index contributed by atoms with van der Waals surface area (Å²) >= 11 is 1.59. The van der Waals surface area contributed by atoms with Gasteiger partial charge in [-0.05, 0) is 36.8 Å². The number of rotatable bonds is 8. The van der Waals surface area contributed by atoms with Gasteiger partial charge < -0.3 is 10.1 Å². The Labute approximate surface area is 157 Å². The Morgan fingerprint density at radius 1 is 1.23 bits per heavy atom. The molecule has 3 aromatic rings. The lowest BCUT2D eigenvalue weighted by Gasteiger charge is -2.06. The molecule has 134 valence electrons. The maximum Gasteiger partial charge on any atom is 0.224 e. The van der Waals surface area contributed by atoms with Gasteiger partial charge in [0, 0.05) is 36.3 Å². The first-order valence-corrected chi connectivity index (χ1v) is 9.46. The quantitative estimate of drug-likeness (QED) is 0.662. The van der Waals surface area contributed by atoms with Crippen LogP contribution in [0.1, 0.15) is 18.2 Å². The summed E-state index contributed by atoms with van der Waals surface area (Å²) < 4.78 is 5.40. The molecule has 0 atom stereocenters. The second kappa shape index (κ2) is 9.10. The van der Waals surface area contributed by atoms with Gasteiger partial charge in [-0.2, -0.15) is 0 Å². The smallest absolute Gasteiger partial charge is 0.224 e. The van der Waals surface area contributed by atoms with Gasteiger partial charge in [0.05, 0.1) is 18.7 Å². The SMILES string of the molecule is CCOc1ccc(CC(=O)NCCc2csc(-c3cccnc3)n2)cc1. The van der Waals surface area contributed by atoms with Crippen LogP contribution >= 0.6 is 11.3 Å². The molecule has 0 saturated heterocycles. The summed E-state index contributed by atoms with van der Waals surface area (Å²) in [7, 11) is 0. The van der Waals surface area contributed by atoms with Gasteiger partial charge in [-0.3, -0.25) is 9.78 Å². The molecule has 0 aliphatic rings. The van der Waals surface area contributed by atoms with Crippen LogP contribution in [0.5, 0.6) is 5.75 Å². The van der Waals surface area contributed by atoms with Crippen molar-refractivity contribution in [1.82, 2.24) is 15.3 Å². The highest BCUT2D eigenvalue weighted by Crippen LogP contribution is 2.22. The van der Waals surface area contributed by atoms with Crippen LogP contribution in [0.3, 0.4) is 0 Å². The molecule has 0 fully saturated rings. The highest BCUT2D eigenvalue weighted by Gasteiger charge is 2.07. The number of thiazole rings is 1. The Kier molecular flexibility index (Phi) is 6.33. The van der Waals surface area contributed by atoms with E-state index in [4.69, 9.17) is 4.74 Å². The lowest BCUT2D eigenvalue weighted by Crippen LogP contribution is -2.27. The summed E-state index contributed by atoms with van der Waals surface area (Å²) in [5, 5.41) is 5.93. The number of benzene rings is 1. The van der Waals surface area contributed by atoms with Crippen LogP contribution in [0.2, 0.25) is 0 Å². The number of nitrogens with one attached hydrogen (secondary N) is 1. The van der Waals surface area contributed by atoms with Crippen molar-refractivity contribution in [3.63, 3.8) is 0 Å². The second-order valence-corrected chi connectivity index (χ2v) is 6.60. The fourth-order valence-electron chi connectivity index (χ4n) is 2.49. The summed E-state index contributed by atoms with van der Waals surface area (Å²) in [6, 6.07) is 11.5. The predicted octanol–water partition coefficient (Wildman–Crippen LogP) is 3.51. The van der Waals surface area contributed by atoms with E-state index in [1.165, 1.54) is 0 Å². The Balaban J connectivity index is 1.44. The maximum atomic E-state index is 12.1. The third-order valence-corrected chi connectivity index (χ3v) is 4.70. The first-order chi connectivity index (χ1) is 12.7. The van der Waals surface area contributed by atoms with E-state index >= 15 is 0 Å². The van der Waals surface area contributed by atoms with E-state index in [-0.39, 0.29) is 5.91 Å². The minimum atomic E-state index is 0.0110. The lowest BCUT2D eigenvalue weighted by atomic mass is 10.1. The number of ether oxygens (including phenoxy) is 1. The summed E-state index contributed by atoms with van der Waals surface area (Å²) in [6.07, 6.45) is 4.63. The number of carbonyl (C=O) groups excluding carboxylic acids is 1. The highest BCUT2D eigenvalue weighted by molar-refractivity contribution is 7.13. The molecule has 5 nitrogen and oxygen atoms in total. The average Bonchev–Trinajstić information content (AvgIpc) is 3.13. The summed E-state index contributed by atoms with van der Waals surface area (Å²) in [4.78, 5) is 20.8. The Morgan fingerprint density at radius 3 is 2.81 bits per heavy atom. The number of nitrogens with zero attached hydrogens (tertiary/aromatic N) is 2. The normalized spacial score (nSPS) is 10.5. The number of amides is 1. The molecular weight excluding hydrogens is 346 g/mol. The van der Waals surface area contributed by atoms with Crippen molar-refractivity contribution < 1.29 is 9.53 Å². The predicted molar refractivity (Wildman–Crippen MR) is 103 cm³/mol. The molecule has 0 aliphatic carbocycles. The Hall–Kier alpha value is -2.73. The molecule has 0 radical (unpaired) electrons. The minimum Gasteiger partial charge on any atom is -0.494 e. The van der Waals surface area contributed by atoms with Crippen LogP contribution in [-0.2, 0) is 17.6 Å². The fourth-order valence-corrected chi connectivity index (χ4v) is 3.34. The summed E-state index contributed by atoms with van der Waals surface area (Å²) in [6.45, 7) is 3.16. The van der Waals surface area contributed by atoms with E-state index in [0.717, 1.165) is 27.6 Å². The molecule has 0 spiro atoms. The fraction of sp³-hybridized carbons (Fsp3) is 0.250. The number of carbonyl (C=O) groups is 1. The van der Waals surface area contributed by atoms with E-state index in [2.05, 4.69) is 15.3 Å². The van der Waals surface area contributed by atoms with Gasteiger partial charge >= 0.3 is 0 Å². The van der Waals surface area contributed by atoms with Gasteiger partial charge in [-0.15, -0.1) is 11.3 Å². The van der Waals surface area contributed by atoms with Crippen LogP contribution in [0, 0.1) is 0 Å². The monoisotopic (exact) mass is 367 g/mol. The van der Waals surface area contributed by atoms with Crippen molar-refractivity contribution in [2.24, 2.45) is 0 Å². The van der Waals surface area contributed by atoms with Crippen molar-refractivity contribution in [3.05, 3.63) is 65.4 Å². The van der Waals surface area contributed by atoms with Gasteiger partial charge in [0.25, 0.3) is 0 Å². The molecule has 6 heteroatoms. The topological polar surface area (TPSA) is 64.1 Å². The van der Waals surface area contributed by atoms with E-state index in [0.29, 0.717) is 26.0 Å². The van der Waals surface area contributed by atoms with E-state index in [1.54, 1.807) is 23.7 Å². The van der Waals surface area contributed by atoms with Crippen molar-refractivity contribution in [3.8, 4) is 16.3 Å². The molecule has 1 N–H and O–H groups in total. The second-order valence-electron chi connectivity index (χ2n) is 5.74. The molecule has 1 amide bonds. The van der Waals surface area contributed by atoms with Crippen molar-refractivity contribution in [2.45, 2.75) is 19.8 Å². The summed E-state index contributed by atoms with van der Waals surface area (Å²) in [5.41, 5.74) is 2.97. The zero-order valence-corrected chi connectivity index (χ0v) is 15.5. The largest absolute Gasteiger partial charge is 0.494 e. The molecule has 2 heterocycles. The minimum absolute atomic E-state index is 0.0110. The van der Waals surface area contributed by atoms with Crippen molar-refractivity contribution in [2.75, 3.05) is 13.2 Å².